The van der Waals surface area contributed by atoms with Crippen molar-refractivity contribution in [1.82, 2.24) is 14.9 Å². The Morgan fingerprint density at radius 3 is 2.78 bits per heavy atom. The maximum absolute atomic E-state index is 13.7. The van der Waals surface area contributed by atoms with Gasteiger partial charge < -0.3 is 20.3 Å². The second kappa shape index (κ2) is 10.1. The largest absolute Gasteiger partial charge is 0.381 e. The molecule has 2 heterocycles. The van der Waals surface area contributed by atoms with Gasteiger partial charge in [-0.2, -0.15) is 0 Å². The second-order valence-electron chi connectivity index (χ2n) is 9.54. The molecule has 1 aliphatic heterocycles. The number of hydrogen-bond acceptors (Lipinski definition) is 6. The van der Waals surface area contributed by atoms with Crippen LogP contribution in [0.25, 0.3) is 10.9 Å². The van der Waals surface area contributed by atoms with Crippen LogP contribution in [0.2, 0.25) is 0 Å². The van der Waals surface area contributed by atoms with Gasteiger partial charge >= 0.3 is 0 Å². The molecule has 1 saturated heterocycles. The minimum atomic E-state index is -0.269. The van der Waals surface area contributed by atoms with Gasteiger partial charge in [-0.25, -0.2) is 14.4 Å². The molecule has 1 amide bonds. The molecule has 1 aliphatic carbocycles. The van der Waals surface area contributed by atoms with Gasteiger partial charge in [0.25, 0.3) is 0 Å². The van der Waals surface area contributed by atoms with Crippen LogP contribution in [0, 0.1) is 42.3 Å². The third-order valence-corrected chi connectivity index (χ3v) is 6.52. The number of anilines is 3. The SMILES string of the molecule is Cc1cc(Nc2ncnc3cc(C#C[C@@H]4[C@H]5COC[C@@H]45)c(NC(=O)/C=C/CN(C)C)cc23)ccc1F. The number of aryl methyl sites for hydroxylation is 1. The lowest BCUT2D eigenvalue weighted by molar-refractivity contribution is -0.111. The Morgan fingerprint density at radius 1 is 1.22 bits per heavy atom. The van der Waals surface area contributed by atoms with E-state index in [0.717, 1.165) is 13.2 Å². The summed E-state index contributed by atoms with van der Waals surface area (Å²) in [6.45, 7) is 3.91. The number of nitrogens with one attached hydrogen (secondary N) is 2. The van der Waals surface area contributed by atoms with E-state index in [1.165, 1.54) is 18.5 Å². The summed E-state index contributed by atoms with van der Waals surface area (Å²) in [5.74, 6) is 8.07. The zero-order valence-corrected chi connectivity index (χ0v) is 20.5. The Bertz CT molecular complexity index is 1400. The van der Waals surface area contributed by atoms with Crippen LogP contribution in [-0.2, 0) is 9.53 Å². The maximum Gasteiger partial charge on any atom is 0.248 e. The summed E-state index contributed by atoms with van der Waals surface area (Å²) in [5, 5.41) is 6.94. The van der Waals surface area contributed by atoms with Crippen LogP contribution < -0.4 is 10.6 Å². The van der Waals surface area contributed by atoms with Crippen LogP contribution in [0.4, 0.5) is 21.6 Å². The topological polar surface area (TPSA) is 79.4 Å². The van der Waals surface area contributed by atoms with E-state index >= 15 is 0 Å². The smallest absolute Gasteiger partial charge is 0.248 e. The maximum atomic E-state index is 13.7. The molecule has 2 aliphatic rings. The van der Waals surface area contributed by atoms with Crippen LogP contribution in [0.15, 0.2) is 48.8 Å². The number of likely N-dealkylation sites (N-methyl/N-ethyl adjacent to an activating group) is 1. The zero-order chi connectivity index (χ0) is 25.2. The number of amides is 1. The average Bonchev–Trinajstić information content (AvgIpc) is 3.26. The number of rotatable bonds is 6. The van der Waals surface area contributed by atoms with Crippen molar-refractivity contribution >= 4 is 34.0 Å². The number of hydrogen-bond donors (Lipinski definition) is 2. The number of aromatic nitrogens is 2. The Balaban J connectivity index is 1.49. The van der Waals surface area contributed by atoms with Crippen LogP contribution >= 0.6 is 0 Å². The molecular formula is C28H28FN5O2. The lowest BCUT2D eigenvalue weighted by atomic mass is 10.1. The molecule has 0 spiro atoms. The highest BCUT2D eigenvalue weighted by atomic mass is 19.1. The van der Waals surface area contributed by atoms with Gasteiger partial charge in [-0.1, -0.05) is 17.9 Å². The minimum absolute atomic E-state index is 0.239. The fourth-order valence-electron chi connectivity index (χ4n) is 4.43. The van der Waals surface area contributed by atoms with E-state index in [1.54, 1.807) is 25.1 Å². The van der Waals surface area contributed by atoms with Crippen LogP contribution in [0.3, 0.4) is 0 Å². The summed E-state index contributed by atoms with van der Waals surface area (Å²) in [7, 11) is 3.88. The van der Waals surface area contributed by atoms with Crippen molar-refractivity contribution in [2.45, 2.75) is 6.92 Å². The number of ether oxygens (including phenoxy) is 1. The highest BCUT2D eigenvalue weighted by Gasteiger charge is 2.53. The first-order valence-corrected chi connectivity index (χ1v) is 11.9. The van der Waals surface area contributed by atoms with Crippen LogP contribution in [0.1, 0.15) is 11.1 Å². The first kappa shape index (κ1) is 23.9. The molecule has 3 aromatic rings. The van der Waals surface area contributed by atoms with Gasteiger partial charge in [0.15, 0.2) is 0 Å². The summed E-state index contributed by atoms with van der Waals surface area (Å²) in [4.78, 5) is 23.5. The Labute approximate surface area is 209 Å². The summed E-state index contributed by atoms with van der Waals surface area (Å²) in [6.07, 6.45) is 4.80. The van der Waals surface area contributed by atoms with Crippen molar-refractivity contribution < 1.29 is 13.9 Å². The predicted octanol–water partition coefficient (Wildman–Crippen LogP) is 4.12. The van der Waals surface area contributed by atoms with Gasteiger partial charge in [-0.3, -0.25) is 4.79 Å². The summed E-state index contributed by atoms with van der Waals surface area (Å²) < 4.78 is 19.2. The molecule has 2 N–H and O–H groups in total. The Hall–Kier alpha value is -3.80. The first-order valence-electron chi connectivity index (χ1n) is 11.9. The molecule has 36 heavy (non-hydrogen) atoms. The molecule has 2 aromatic carbocycles. The molecule has 8 heteroatoms. The summed E-state index contributed by atoms with van der Waals surface area (Å²) in [6, 6.07) is 8.51. The predicted molar refractivity (Wildman–Crippen MR) is 138 cm³/mol. The van der Waals surface area contributed by atoms with E-state index in [4.69, 9.17) is 4.74 Å². The number of halogens is 1. The molecule has 184 valence electrons. The average molecular weight is 486 g/mol. The highest BCUT2D eigenvalue weighted by molar-refractivity contribution is 6.03. The lowest BCUT2D eigenvalue weighted by Crippen LogP contribution is -2.13. The van der Waals surface area contributed by atoms with E-state index in [2.05, 4.69) is 32.4 Å². The van der Waals surface area contributed by atoms with Crippen molar-refractivity contribution in [1.29, 1.82) is 0 Å². The number of carbonyl (C=O) groups is 1. The molecule has 0 radical (unpaired) electrons. The van der Waals surface area contributed by atoms with E-state index in [-0.39, 0.29) is 11.7 Å². The molecule has 1 aromatic heterocycles. The Kier molecular flexibility index (Phi) is 6.68. The van der Waals surface area contributed by atoms with Gasteiger partial charge in [0.1, 0.15) is 18.0 Å². The molecule has 7 nitrogen and oxygen atoms in total. The standard InChI is InChI=1S/C28H28FN5O2/c1-17-11-19(7-9-24(17)29)32-28-21-13-25(33-27(35)5-4-10-34(2)3)18(12-26(21)30-16-31-28)6-8-20-22-14-36-15-23(20)22/h4-5,7,9,11-13,16,20,22-23H,10,14-15H2,1-3H3,(H,33,35)(H,30,31,32)/b5-4+/t20-,22-,23+. The fourth-order valence-corrected chi connectivity index (χ4v) is 4.43. The molecule has 0 unspecified atom stereocenters. The van der Waals surface area contributed by atoms with E-state index in [9.17, 15) is 9.18 Å². The molecule has 2 fully saturated rings. The molecule has 5 rings (SSSR count). The number of fused-ring (bicyclic) bond motifs is 2. The van der Waals surface area contributed by atoms with Gasteiger partial charge in [0.2, 0.25) is 5.91 Å². The lowest BCUT2D eigenvalue weighted by Gasteiger charge is -2.12. The first-order chi connectivity index (χ1) is 17.4. The number of benzene rings is 2. The molecule has 1 saturated carbocycles. The normalized spacial score (nSPS) is 20.3. The van der Waals surface area contributed by atoms with Gasteiger partial charge in [0.05, 0.1) is 30.0 Å². The zero-order valence-electron chi connectivity index (χ0n) is 20.5. The Morgan fingerprint density at radius 2 is 2.03 bits per heavy atom. The quantitative estimate of drug-likeness (QED) is 0.404. The van der Waals surface area contributed by atoms with Crippen LogP contribution in [0.5, 0.6) is 0 Å². The monoisotopic (exact) mass is 485 g/mol. The molecular weight excluding hydrogens is 457 g/mol. The fraction of sp³-hybridized carbons (Fsp3) is 0.321. The van der Waals surface area contributed by atoms with Crippen molar-refractivity contribution in [2.75, 3.05) is 44.5 Å². The van der Waals surface area contributed by atoms with Crippen LogP contribution in [-0.4, -0.2) is 54.6 Å². The number of nitrogens with zero attached hydrogens (tertiary/aromatic N) is 3. The van der Waals surface area contributed by atoms with E-state index in [1.807, 2.05) is 31.1 Å². The van der Waals surface area contributed by atoms with Gasteiger partial charge in [0, 0.05) is 41.4 Å². The molecule has 0 bridgehead atoms. The van der Waals surface area contributed by atoms with E-state index in [0.29, 0.717) is 63.5 Å². The minimum Gasteiger partial charge on any atom is -0.381 e. The summed E-state index contributed by atoms with van der Waals surface area (Å²) in [5.41, 5.74) is 3.21. The molecule has 3 atom stereocenters. The highest BCUT2D eigenvalue weighted by Crippen LogP contribution is 2.50. The van der Waals surface area contributed by atoms with Crippen molar-refractivity contribution in [2.24, 2.45) is 17.8 Å². The van der Waals surface area contributed by atoms with Crippen molar-refractivity contribution in [3.8, 4) is 11.8 Å². The van der Waals surface area contributed by atoms with Crippen molar-refractivity contribution in [3.63, 3.8) is 0 Å². The van der Waals surface area contributed by atoms with Gasteiger partial charge in [-0.15, -0.1) is 0 Å². The van der Waals surface area contributed by atoms with Crippen molar-refractivity contribution in [3.05, 3.63) is 65.8 Å². The summed E-state index contributed by atoms with van der Waals surface area (Å²) >= 11 is 0. The third-order valence-electron chi connectivity index (χ3n) is 6.52. The van der Waals surface area contributed by atoms with Gasteiger partial charge in [-0.05, 0) is 56.9 Å². The third kappa shape index (κ3) is 5.23. The van der Waals surface area contributed by atoms with E-state index < -0.39 is 0 Å². The second-order valence-corrected chi connectivity index (χ2v) is 9.54. The number of carbonyl (C=O) groups excluding carboxylic acids is 1.